The maximum Gasteiger partial charge on any atom is 0.245 e. The molecule has 7 heteroatoms. The molecule has 7 nitrogen and oxygen atoms in total. The predicted octanol–water partition coefficient (Wildman–Crippen LogP) is 3.02. The van der Waals surface area contributed by atoms with Crippen LogP contribution in [0.15, 0.2) is 54.6 Å². The van der Waals surface area contributed by atoms with Crippen LogP contribution in [0.2, 0.25) is 0 Å². The van der Waals surface area contributed by atoms with Gasteiger partial charge in [-0.05, 0) is 56.5 Å². The number of carbonyl (C=O) groups excluding carboxylic acids is 3. The highest BCUT2D eigenvalue weighted by Gasteiger charge is 2.28. The van der Waals surface area contributed by atoms with Gasteiger partial charge in [0.2, 0.25) is 17.7 Å². The SMILES string of the molecule is C#CCN(C)C(=O)CN(C)CCNC(=O)C(C)(C)NC(=O)C/C=C/c1ccc(Cc2ccccc2C)cc1. The lowest BCUT2D eigenvalue weighted by molar-refractivity contribution is -0.132. The van der Waals surface area contributed by atoms with Crippen molar-refractivity contribution in [3.05, 3.63) is 76.9 Å². The highest BCUT2D eigenvalue weighted by Crippen LogP contribution is 2.15. The van der Waals surface area contributed by atoms with Crippen LogP contribution in [0.5, 0.6) is 0 Å². The summed E-state index contributed by atoms with van der Waals surface area (Å²) in [4.78, 5) is 40.4. The zero-order chi connectivity index (χ0) is 28.1. The number of carbonyl (C=O) groups is 3. The molecule has 0 atom stereocenters. The van der Waals surface area contributed by atoms with Crippen molar-refractivity contribution in [1.82, 2.24) is 20.4 Å². The average molecular weight is 517 g/mol. The fourth-order valence-corrected chi connectivity index (χ4v) is 3.77. The van der Waals surface area contributed by atoms with Gasteiger partial charge in [-0.1, -0.05) is 66.6 Å². The standard InChI is InChI=1S/C31H40N4O3/c1-7-20-35(6)29(37)23-34(5)21-19-32-30(38)31(3,4)33-28(36)14-10-12-25-15-17-26(18-16-25)22-27-13-9-8-11-24(27)2/h1,8-13,15-18H,14,19-23H2,2-6H3,(H,32,38)(H,33,36)/b12-10+. The first kappa shape index (κ1) is 30.3. The maximum atomic E-state index is 12.6. The Morgan fingerprint density at radius 1 is 1.05 bits per heavy atom. The minimum atomic E-state index is -1.07. The number of rotatable bonds is 13. The lowest BCUT2D eigenvalue weighted by atomic mass is 10.00. The van der Waals surface area contributed by atoms with Crippen molar-refractivity contribution < 1.29 is 14.4 Å². The first-order chi connectivity index (χ1) is 18.0. The van der Waals surface area contributed by atoms with Crippen molar-refractivity contribution in [2.45, 2.75) is 39.2 Å². The molecule has 2 aromatic carbocycles. The molecule has 0 fully saturated rings. The van der Waals surface area contributed by atoms with Crippen LogP contribution >= 0.6 is 0 Å². The molecule has 2 N–H and O–H groups in total. The molecule has 0 saturated heterocycles. The van der Waals surface area contributed by atoms with E-state index in [1.807, 2.05) is 24.3 Å². The summed E-state index contributed by atoms with van der Waals surface area (Å²) in [7, 11) is 3.45. The number of hydrogen-bond acceptors (Lipinski definition) is 4. The number of amides is 3. The van der Waals surface area contributed by atoms with Gasteiger partial charge in [-0.15, -0.1) is 6.42 Å². The lowest BCUT2D eigenvalue weighted by Gasteiger charge is -2.26. The summed E-state index contributed by atoms with van der Waals surface area (Å²) < 4.78 is 0. The number of terminal acetylenes is 1. The van der Waals surface area contributed by atoms with E-state index < -0.39 is 5.54 Å². The van der Waals surface area contributed by atoms with Gasteiger partial charge in [0.15, 0.2) is 0 Å². The molecule has 38 heavy (non-hydrogen) atoms. The molecule has 2 rings (SSSR count). The zero-order valence-corrected chi connectivity index (χ0v) is 23.2. The largest absolute Gasteiger partial charge is 0.353 e. The Bertz CT molecular complexity index is 1160. The highest BCUT2D eigenvalue weighted by molar-refractivity contribution is 5.91. The number of benzene rings is 2. The van der Waals surface area contributed by atoms with Gasteiger partial charge >= 0.3 is 0 Å². The van der Waals surface area contributed by atoms with E-state index in [0.717, 1.165) is 12.0 Å². The monoisotopic (exact) mass is 516 g/mol. The van der Waals surface area contributed by atoms with E-state index in [2.05, 4.69) is 53.8 Å². The molecule has 0 bridgehead atoms. The van der Waals surface area contributed by atoms with Crippen molar-refractivity contribution >= 4 is 23.8 Å². The Hall–Kier alpha value is -3.89. The van der Waals surface area contributed by atoms with Gasteiger partial charge in [-0.3, -0.25) is 19.3 Å². The molecule has 0 heterocycles. The highest BCUT2D eigenvalue weighted by atomic mass is 16.2. The lowest BCUT2D eigenvalue weighted by Crippen LogP contribution is -2.55. The second-order valence-corrected chi connectivity index (χ2v) is 10.1. The third kappa shape index (κ3) is 10.2. The Labute approximate surface area is 227 Å². The third-order valence-corrected chi connectivity index (χ3v) is 6.21. The summed E-state index contributed by atoms with van der Waals surface area (Å²) in [6, 6.07) is 16.6. The number of likely N-dealkylation sites (N-methyl/N-ethyl adjacent to an activating group) is 2. The van der Waals surface area contributed by atoms with Gasteiger partial charge < -0.3 is 15.5 Å². The summed E-state index contributed by atoms with van der Waals surface area (Å²) in [5.74, 6) is 1.82. The van der Waals surface area contributed by atoms with Crippen LogP contribution in [0, 0.1) is 19.3 Å². The molecule has 202 valence electrons. The molecule has 0 aromatic heterocycles. The van der Waals surface area contributed by atoms with Crippen molar-refractivity contribution in [3.63, 3.8) is 0 Å². The molecule has 3 amide bonds. The van der Waals surface area contributed by atoms with Crippen LogP contribution < -0.4 is 10.6 Å². The first-order valence-corrected chi connectivity index (χ1v) is 12.8. The summed E-state index contributed by atoms with van der Waals surface area (Å²) in [6.07, 6.45) is 9.98. The second kappa shape index (κ2) is 14.7. The molecular formula is C31H40N4O3. The van der Waals surface area contributed by atoms with Crippen molar-refractivity contribution in [1.29, 1.82) is 0 Å². The Kier molecular flexibility index (Phi) is 11.8. The normalized spacial score (nSPS) is 11.3. The minimum absolute atomic E-state index is 0.0874. The predicted molar refractivity (Wildman–Crippen MR) is 153 cm³/mol. The molecule has 0 aliphatic carbocycles. The number of aryl methyl sites for hydroxylation is 1. The number of nitrogens with zero attached hydrogens (tertiary/aromatic N) is 2. The second-order valence-electron chi connectivity index (χ2n) is 10.1. The van der Waals surface area contributed by atoms with E-state index in [1.54, 1.807) is 38.9 Å². The number of hydrogen-bond donors (Lipinski definition) is 2. The molecule has 2 aromatic rings. The molecule has 0 saturated carbocycles. The minimum Gasteiger partial charge on any atom is -0.353 e. The van der Waals surface area contributed by atoms with Crippen LogP contribution in [0.3, 0.4) is 0 Å². The maximum absolute atomic E-state index is 12.6. The van der Waals surface area contributed by atoms with Gasteiger partial charge in [0.25, 0.3) is 0 Å². The van der Waals surface area contributed by atoms with Crippen LogP contribution in [-0.2, 0) is 20.8 Å². The van der Waals surface area contributed by atoms with E-state index in [-0.39, 0.29) is 37.2 Å². The van der Waals surface area contributed by atoms with Gasteiger partial charge in [-0.25, -0.2) is 0 Å². The van der Waals surface area contributed by atoms with E-state index in [9.17, 15) is 14.4 Å². The summed E-state index contributed by atoms with van der Waals surface area (Å²) >= 11 is 0. The van der Waals surface area contributed by atoms with E-state index in [4.69, 9.17) is 6.42 Å². The average Bonchev–Trinajstić information content (AvgIpc) is 2.86. The molecule has 0 aliphatic heterocycles. The molecule has 0 unspecified atom stereocenters. The number of nitrogens with one attached hydrogen (secondary N) is 2. The molecule has 0 spiro atoms. The molecule has 0 aliphatic rings. The van der Waals surface area contributed by atoms with Gasteiger partial charge in [0.05, 0.1) is 13.1 Å². The van der Waals surface area contributed by atoms with Crippen LogP contribution in [0.4, 0.5) is 0 Å². The van der Waals surface area contributed by atoms with Gasteiger partial charge in [0, 0.05) is 26.6 Å². The van der Waals surface area contributed by atoms with Gasteiger partial charge in [0.1, 0.15) is 5.54 Å². The Balaban J connectivity index is 1.75. The van der Waals surface area contributed by atoms with Crippen LogP contribution in [-0.4, -0.2) is 73.3 Å². The van der Waals surface area contributed by atoms with Crippen LogP contribution in [0.25, 0.3) is 6.08 Å². The van der Waals surface area contributed by atoms with E-state index in [1.165, 1.54) is 21.6 Å². The van der Waals surface area contributed by atoms with Crippen molar-refractivity contribution in [3.8, 4) is 12.3 Å². The van der Waals surface area contributed by atoms with E-state index in [0.29, 0.717) is 13.1 Å². The Morgan fingerprint density at radius 3 is 2.39 bits per heavy atom. The summed E-state index contributed by atoms with van der Waals surface area (Å²) in [5.41, 5.74) is 3.77. The summed E-state index contributed by atoms with van der Waals surface area (Å²) in [6.45, 7) is 6.74. The summed E-state index contributed by atoms with van der Waals surface area (Å²) in [5, 5.41) is 5.61. The molecule has 0 radical (unpaired) electrons. The fourth-order valence-electron chi connectivity index (χ4n) is 3.77. The fraction of sp³-hybridized carbons (Fsp3) is 0.387. The smallest absolute Gasteiger partial charge is 0.245 e. The van der Waals surface area contributed by atoms with Crippen molar-refractivity contribution in [2.24, 2.45) is 0 Å². The van der Waals surface area contributed by atoms with Gasteiger partial charge in [-0.2, -0.15) is 0 Å². The third-order valence-electron chi connectivity index (χ3n) is 6.21. The van der Waals surface area contributed by atoms with Crippen molar-refractivity contribution in [2.75, 3.05) is 40.3 Å². The topological polar surface area (TPSA) is 81.8 Å². The quantitative estimate of drug-likeness (QED) is 0.401. The molecular weight excluding hydrogens is 476 g/mol. The zero-order valence-electron chi connectivity index (χ0n) is 23.2. The Morgan fingerprint density at radius 2 is 1.74 bits per heavy atom. The van der Waals surface area contributed by atoms with E-state index >= 15 is 0 Å². The van der Waals surface area contributed by atoms with Crippen LogP contribution in [0.1, 0.15) is 42.5 Å². The first-order valence-electron chi connectivity index (χ1n) is 12.8.